The molecular weight excluding hydrogens is 258 g/mol. The third-order valence-corrected chi connectivity index (χ3v) is 4.12. The minimum Gasteiger partial charge on any atom is -0.372 e. The van der Waals surface area contributed by atoms with Crippen LogP contribution in [0, 0.1) is 5.41 Å². The van der Waals surface area contributed by atoms with Crippen molar-refractivity contribution in [1.29, 1.82) is 0 Å². The van der Waals surface area contributed by atoms with Crippen LogP contribution in [0.1, 0.15) is 45.8 Å². The number of hydrogen-bond donors (Lipinski definition) is 1. The molecule has 2 rings (SSSR count). The van der Waals surface area contributed by atoms with Crippen LogP contribution in [0.5, 0.6) is 0 Å². The largest absolute Gasteiger partial charge is 0.372 e. The first-order chi connectivity index (χ1) is 8.88. The fraction of sp³-hybridized carbons (Fsp3) is 0.625. The van der Waals surface area contributed by atoms with Gasteiger partial charge in [0.15, 0.2) is 0 Å². The van der Waals surface area contributed by atoms with Crippen molar-refractivity contribution < 1.29 is 4.74 Å². The molecule has 1 aromatic rings. The van der Waals surface area contributed by atoms with E-state index in [-0.39, 0.29) is 11.5 Å². The van der Waals surface area contributed by atoms with E-state index in [1.807, 2.05) is 12.1 Å². The molecule has 3 heteroatoms. The third-order valence-electron chi connectivity index (χ3n) is 3.87. The predicted octanol–water partition coefficient (Wildman–Crippen LogP) is 4.19. The summed E-state index contributed by atoms with van der Waals surface area (Å²) in [4.78, 5) is 0. The Morgan fingerprint density at radius 1 is 1.21 bits per heavy atom. The molecule has 0 aromatic heterocycles. The highest BCUT2D eigenvalue weighted by Crippen LogP contribution is 2.30. The Hall–Kier alpha value is -0.570. The summed E-state index contributed by atoms with van der Waals surface area (Å²) in [6.45, 7) is 9.83. The van der Waals surface area contributed by atoms with Crippen molar-refractivity contribution in [2.75, 3.05) is 6.61 Å². The lowest BCUT2D eigenvalue weighted by atomic mass is 9.84. The fourth-order valence-electron chi connectivity index (χ4n) is 2.67. The van der Waals surface area contributed by atoms with Crippen LogP contribution >= 0.6 is 11.6 Å². The van der Waals surface area contributed by atoms with Gasteiger partial charge in [-0.25, -0.2) is 0 Å². The molecule has 1 aromatic carbocycles. The van der Waals surface area contributed by atoms with Crippen LogP contribution < -0.4 is 5.32 Å². The highest BCUT2D eigenvalue weighted by molar-refractivity contribution is 6.30. The number of rotatable bonds is 1. The van der Waals surface area contributed by atoms with E-state index in [1.54, 1.807) is 0 Å². The number of hydrogen-bond acceptors (Lipinski definition) is 2. The van der Waals surface area contributed by atoms with Crippen LogP contribution in [0.25, 0.3) is 0 Å². The van der Waals surface area contributed by atoms with Crippen LogP contribution in [0.3, 0.4) is 0 Å². The number of nitrogens with one attached hydrogen (secondary N) is 1. The molecule has 1 aliphatic rings. The summed E-state index contributed by atoms with van der Waals surface area (Å²) >= 11 is 5.95. The molecule has 3 unspecified atom stereocenters. The summed E-state index contributed by atoms with van der Waals surface area (Å²) in [6, 6.07) is 8.76. The highest BCUT2D eigenvalue weighted by Gasteiger charge is 2.32. The zero-order valence-corrected chi connectivity index (χ0v) is 13.0. The van der Waals surface area contributed by atoms with E-state index < -0.39 is 0 Å². The molecule has 0 spiro atoms. The van der Waals surface area contributed by atoms with Gasteiger partial charge in [-0.1, -0.05) is 44.5 Å². The summed E-state index contributed by atoms with van der Waals surface area (Å²) in [5.41, 5.74) is 1.45. The van der Waals surface area contributed by atoms with Gasteiger partial charge in [-0.3, -0.25) is 0 Å². The smallest absolute Gasteiger partial charge is 0.0975 e. The van der Waals surface area contributed by atoms with E-state index in [2.05, 4.69) is 45.1 Å². The zero-order valence-electron chi connectivity index (χ0n) is 12.2. The topological polar surface area (TPSA) is 21.3 Å². The van der Waals surface area contributed by atoms with Gasteiger partial charge in [0.2, 0.25) is 0 Å². The zero-order chi connectivity index (χ0) is 14.0. The maximum Gasteiger partial charge on any atom is 0.0975 e. The highest BCUT2D eigenvalue weighted by atomic mass is 35.5. The molecule has 19 heavy (non-hydrogen) atoms. The molecule has 3 atom stereocenters. The van der Waals surface area contributed by atoms with Crippen LogP contribution in [-0.2, 0) is 4.74 Å². The predicted molar refractivity (Wildman–Crippen MR) is 80.6 cm³/mol. The van der Waals surface area contributed by atoms with Crippen LogP contribution in [0.15, 0.2) is 24.3 Å². The molecule has 0 saturated carbocycles. The summed E-state index contributed by atoms with van der Waals surface area (Å²) in [7, 11) is 0. The van der Waals surface area contributed by atoms with Gasteiger partial charge in [-0.2, -0.15) is 0 Å². The Morgan fingerprint density at radius 2 is 1.84 bits per heavy atom. The quantitative estimate of drug-likeness (QED) is 0.833. The Bertz CT molecular complexity index is 410. The lowest BCUT2D eigenvalue weighted by molar-refractivity contribution is 0.0460. The van der Waals surface area contributed by atoms with Gasteiger partial charge in [0.05, 0.1) is 6.10 Å². The first kappa shape index (κ1) is 14.8. The van der Waals surface area contributed by atoms with Gasteiger partial charge in [0, 0.05) is 23.7 Å². The lowest BCUT2D eigenvalue weighted by Gasteiger charge is -2.33. The van der Waals surface area contributed by atoms with Crippen molar-refractivity contribution >= 4 is 11.6 Å². The molecule has 1 heterocycles. The average molecular weight is 282 g/mol. The second-order valence-corrected chi connectivity index (χ2v) is 6.94. The third kappa shape index (κ3) is 3.71. The van der Waals surface area contributed by atoms with E-state index in [9.17, 15) is 0 Å². The molecular formula is C16H24ClNO. The summed E-state index contributed by atoms with van der Waals surface area (Å²) in [5.74, 6) is 0. The fourth-order valence-corrected chi connectivity index (χ4v) is 2.79. The van der Waals surface area contributed by atoms with Gasteiger partial charge in [0.1, 0.15) is 0 Å². The molecule has 0 aliphatic carbocycles. The van der Waals surface area contributed by atoms with Crippen molar-refractivity contribution in [1.82, 2.24) is 5.32 Å². The maximum absolute atomic E-state index is 6.06. The maximum atomic E-state index is 6.06. The summed E-state index contributed by atoms with van der Waals surface area (Å²) < 4.78 is 6.06. The van der Waals surface area contributed by atoms with Crippen molar-refractivity contribution in [3.05, 3.63) is 34.9 Å². The Kier molecular flexibility index (Phi) is 4.54. The van der Waals surface area contributed by atoms with Crippen molar-refractivity contribution in [2.24, 2.45) is 5.41 Å². The Balaban J connectivity index is 2.13. The van der Waals surface area contributed by atoms with E-state index in [0.29, 0.717) is 12.1 Å². The molecule has 2 nitrogen and oxygen atoms in total. The monoisotopic (exact) mass is 281 g/mol. The normalized spacial score (nSPS) is 29.0. The Morgan fingerprint density at radius 3 is 2.42 bits per heavy atom. The molecule has 0 radical (unpaired) electrons. The number of halogens is 1. The first-order valence-corrected chi connectivity index (χ1v) is 7.39. The van der Waals surface area contributed by atoms with E-state index in [1.165, 1.54) is 5.56 Å². The molecule has 0 bridgehead atoms. The number of ether oxygens (including phenoxy) is 1. The number of benzene rings is 1. The average Bonchev–Trinajstić information content (AvgIpc) is 2.52. The SMILES string of the molecule is CC1NC(C(C)(C)C)CCOC1c1ccc(Cl)cc1. The molecule has 106 valence electrons. The molecule has 1 fully saturated rings. The van der Waals surface area contributed by atoms with Gasteiger partial charge in [-0.15, -0.1) is 0 Å². The van der Waals surface area contributed by atoms with E-state index in [0.717, 1.165) is 18.1 Å². The van der Waals surface area contributed by atoms with Gasteiger partial charge in [-0.05, 0) is 36.5 Å². The second-order valence-electron chi connectivity index (χ2n) is 6.51. The van der Waals surface area contributed by atoms with E-state index >= 15 is 0 Å². The molecule has 1 saturated heterocycles. The molecule has 0 amide bonds. The lowest BCUT2D eigenvalue weighted by Crippen LogP contribution is -2.45. The van der Waals surface area contributed by atoms with Crippen molar-refractivity contribution in [3.63, 3.8) is 0 Å². The van der Waals surface area contributed by atoms with Crippen LogP contribution in [-0.4, -0.2) is 18.7 Å². The molecule has 1 aliphatic heterocycles. The second kappa shape index (κ2) is 5.82. The minimum absolute atomic E-state index is 0.101. The Labute approximate surface area is 121 Å². The van der Waals surface area contributed by atoms with Crippen molar-refractivity contribution in [3.8, 4) is 0 Å². The van der Waals surface area contributed by atoms with Gasteiger partial charge >= 0.3 is 0 Å². The standard InChI is InChI=1S/C16H24ClNO/c1-11-15(12-5-7-13(17)8-6-12)19-10-9-14(18-11)16(2,3)4/h5-8,11,14-15,18H,9-10H2,1-4H3. The van der Waals surface area contributed by atoms with Crippen LogP contribution in [0.2, 0.25) is 5.02 Å². The van der Waals surface area contributed by atoms with Gasteiger partial charge < -0.3 is 10.1 Å². The van der Waals surface area contributed by atoms with Crippen LogP contribution in [0.4, 0.5) is 0 Å². The summed E-state index contributed by atoms with van der Waals surface area (Å²) in [6.07, 6.45) is 1.15. The van der Waals surface area contributed by atoms with Crippen molar-refractivity contribution in [2.45, 2.75) is 52.3 Å². The minimum atomic E-state index is 0.101. The summed E-state index contributed by atoms with van der Waals surface area (Å²) in [5, 5.41) is 4.49. The molecule has 1 N–H and O–H groups in total. The van der Waals surface area contributed by atoms with E-state index in [4.69, 9.17) is 16.3 Å². The van der Waals surface area contributed by atoms with Gasteiger partial charge in [0.25, 0.3) is 0 Å². The first-order valence-electron chi connectivity index (χ1n) is 7.01.